The number of nitrogen functional groups attached to an aromatic ring is 1. The van der Waals surface area contributed by atoms with Crippen LogP contribution in [0.2, 0.25) is 0 Å². The number of rotatable bonds is 3. The van der Waals surface area contributed by atoms with E-state index in [1.165, 1.54) is 18.2 Å². The van der Waals surface area contributed by atoms with Crippen LogP contribution in [-0.4, -0.2) is 0 Å². The molecule has 0 fully saturated rings. The molecule has 0 spiro atoms. The maximum absolute atomic E-state index is 13.3. The van der Waals surface area contributed by atoms with Gasteiger partial charge in [-0.05, 0) is 24.3 Å². The van der Waals surface area contributed by atoms with Gasteiger partial charge < -0.3 is 10.5 Å². The van der Waals surface area contributed by atoms with E-state index in [2.05, 4.69) is 0 Å². The Morgan fingerprint density at radius 2 is 1.59 bits per heavy atom. The molecule has 0 amide bonds. The number of hydrogen-bond donors (Lipinski definition) is 1. The standard InChI is InChI=1S/C13H11F2NO/c14-10-4-3-5-11(15)9(10)8-17-13-7-2-1-6-12(13)16/h1-7H,8,16H2. The lowest BCUT2D eigenvalue weighted by Crippen LogP contribution is -2.03. The van der Waals surface area contributed by atoms with Gasteiger partial charge in [-0.25, -0.2) is 8.78 Å². The van der Waals surface area contributed by atoms with Crippen LogP contribution in [0.3, 0.4) is 0 Å². The molecule has 0 aliphatic rings. The summed E-state index contributed by atoms with van der Waals surface area (Å²) in [7, 11) is 0. The monoisotopic (exact) mass is 235 g/mol. The van der Waals surface area contributed by atoms with Gasteiger partial charge in [0, 0.05) is 0 Å². The molecule has 0 aliphatic heterocycles. The summed E-state index contributed by atoms with van der Waals surface area (Å²) >= 11 is 0. The van der Waals surface area contributed by atoms with Crippen molar-refractivity contribution in [3.05, 3.63) is 59.7 Å². The summed E-state index contributed by atoms with van der Waals surface area (Å²) in [6.07, 6.45) is 0. The molecule has 2 nitrogen and oxygen atoms in total. The molecular formula is C13H11F2NO. The maximum Gasteiger partial charge on any atom is 0.142 e. The summed E-state index contributed by atoms with van der Waals surface area (Å²) in [5, 5.41) is 0. The van der Waals surface area contributed by atoms with Crippen molar-refractivity contribution in [2.75, 3.05) is 5.73 Å². The average Bonchev–Trinajstić information content (AvgIpc) is 2.30. The van der Waals surface area contributed by atoms with Gasteiger partial charge in [0.2, 0.25) is 0 Å². The van der Waals surface area contributed by atoms with Crippen molar-refractivity contribution < 1.29 is 13.5 Å². The van der Waals surface area contributed by atoms with Crippen LogP contribution in [0, 0.1) is 11.6 Å². The van der Waals surface area contributed by atoms with Gasteiger partial charge in [-0.15, -0.1) is 0 Å². The maximum atomic E-state index is 13.3. The summed E-state index contributed by atoms with van der Waals surface area (Å²) < 4.78 is 31.9. The Kier molecular flexibility index (Phi) is 3.23. The number of anilines is 1. The average molecular weight is 235 g/mol. The summed E-state index contributed by atoms with van der Waals surface area (Å²) in [5.41, 5.74) is 5.98. The molecule has 0 saturated carbocycles. The first kappa shape index (κ1) is 11.4. The Balaban J connectivity index is 2.16. The fraction of sp³-hybridized carbons (Fsp3) is 0.0769. The second-order valence-corrected chi connectivity index (χ2v) is 3.53. The minimum Gasteiger partial charge on any atom is -0.487 e. The molecule has 0 saturated heterocycles. The minimum atomic E-state index is -0.625. The van der Waals surface area contributed by atoms with E-state index in [0.29, 0.717) is 11.4 Å². The van der Waals surface area contributed by atoms with E-state index in [1.807, 2.05) is 0 Å². The minimum absolute atomic E-state index is 0.101. The van der Waals surface area contributed by atoms with E-state index in [-0.39, 0.29) is 12.2 Å². The van der Waals surface area contributed by atoms with Crippen molar-refractivity contribution in [1.29, 1.82) is 0 Å². The molecule has 2 aromatic carbocycles. The topological polar surface area (TPSA) is 35.2 Å². The zero-order valence-corrected chi connectivity index (χ0v) is 8.99. The zero-order valence-electron chi connectivity index (χ0n) is 8.99. The van der Waals surface area contributed by atoms with Gasteiger partial charge in [0.1, 0.15) is 24.0 Å². The van der Waals surface area contributed by atoms with E-state index in [4.69, 9.17) is 10.5 Å². The van der Waals surface area contributed by atoms with Crippen LogP contribution >= 0.6 is 0 Å². The fourth-order valence-corrected chi connectivity index (χ4v) is 1.43. The molecule has 0 bridgehead atoms. The third kappa shape index (κ3) is 2.53. The van der Waals surface area contributed by atoms with E-state index in [9.17, 15) is 8.78 Å². The molecule has 2 rings (SSSR count). The Morgan fingerprint density at radius 3 is 2.24 bits per heavy atom. The lowest BCUT2D eigenvalue weighted by molar-refractivity contribution is 0.294. The van der Waals surface area contributed by atoms with Crippen molar-refractivity contribution in [2.45, 2.75) is 6.61 Å². The van der Waals surface area contributed by atoms with E-state index in [0.717, 1.165) is 0 Å². The van der Waals surface area contributed by atoms with E-state index in [1.54, 1.807) is 24.3 Å². The Hall–Kier alpha value is -2.10. The van der Waals surface area contributed by atoms with Gasteiger partial charge in [0.25, 0.3) is 0 Å². The molecule has 0 atom stereocenters. The van der Waals surface area contributed by atoms with Gasteiger partial charge in [0.05, 0.1) is 11.3 Å². The lowest BCUT2D eigenvalue weighted by Gasteiger charge is -2.09. The Labute approximate surface area is 97.6 Å². The quantitative estimate of drug-likeness (QED) is 0.829. The third-order valence-corrected chi connectivity index (χ3v) is 2.35. The fourth-order valence-electron chi connectivity index (χ4n) is 1.43. The van der Waals surface area contributed by atoms with Gasteiger partial charge in [0.15, 0.2) is 0 Å². The second-order valence-electron chi connectivity index (χ2n) is 3.53. The van der Waals surface area contributed by atoms with Crippen LogP contribution in [0.15, 0.2) is 42.5 Å². The van der Waals surface area contributed by atoms with Gasteiger partial charge in [-0.2, -0.15) is 0 Å². The summed E-state index contributed by atoms with van der Waals surface area (Å²) in [6.45, 7) is -0.188. The zero-order chi connectivity index (χ0) is 12.3. The van der Waals surface area contributed by atoms with Crippen LogP contribution in [-0.2, 0) is 6.61 Å². The Bertz CT molecular complexity index is 508. The first-order chi connectivity index (χ1) is 8.18. The summed E-state index contributed by atoms with van der Waals surface area (Å²) in [5.74, 6) is -0.839. The molecule has 17 heavy (non-hydrogen) atoms. The molecule has 88 valence electrons. The largest absolute Gasteiger partial charge is 0.487 e. The predicted molar refractivity (Wildman–Crippen MR) is 61.5 cm³/mol. The number of halogens is 2. The highest BCUT2D eigenvalue weighted by Crippen LogP contribution is 2.22. The lowest BCUT2D eigenvalue weighted by atomic mass is 10.2. The number of para-hydroxylation sites is 2. The van der Waals surface area contributed by atoms with Crippen LogP contribution in [0.1, 0.15) is 5.56 Å². The number of nitrogens with two attached hydrogens (primary N) is 1. The third-order valence-electron chi connectivity index (χ3n) is 2.35. The van der Waals surface area contributed by atoms with Crippen LogP contribution < -0.4 is 10.5 Å². The van der Waals surface area contributed by atoms with Crippen LogP contribution in [0.5, 0.6) is 5.75 Å². The molecule has 2 N–H and O–H groups in total. The number of hydrogen-bond acceptors (Lipinski definition) is 2. The van der Waals surface area contributed by atoms with E-state index < -0.39 is 11.6 Å². The first-order valence-electron chi connectivity index (χ1n) is 5.08. The molecule has 2 aromatic rings. The number of benzene rings is 2. The first-order valence-corrected chi connectivity index (χ1v) is 5.08. The van der Waals surface area contributed by atoms with Gasteiger partial charge >= 0.3 is 0 Å². The smallest absolute Gasteiger partial charge is 0.142 e. The SMILES string of the molecule is Nc1ccccc1OCc1c(F)cccc1F. The summed E-state index contributed by atoms with van der Waals surface area (Å²) in [6, 6.07) is 10.5. The second kappa shape index (κ2) is 4.82. The molecule has 0 aliphatic carbocycles. The highest BCUT2D eigenvalue weighted by Gasteiger charge is 2.09. The molecule has 0 aromatic heterocycles. The highest BCUT2D eigenvalue weighted by molar-refractivity contribution is 5.51. The number of ether oxygens (including phenoxy) is 1. The van der Waals surface area contributed by atoms with Crippen molar-refractivity contribution >= 4 is 5.69 Å². The van der Waals surface area contributed by atoms with Crippen LogP contribution in [0.4, 0.5) is 14.5 Å². The summed E-state index contributed by atoms with van der Waals surface area (Å²) in [4.78, 5) is 0. The molecule has 0 heterocycles. The molecule has 0 radical (unpaired) electrons. The normalized spacial score (nSPS) is 10.2. The van der Waals surface area contributed by atoms with Crippen molar-refractivity contribution in [1.82, 2.24) is 0 Å². The molecule has 4 heteroatoms. The van der Waals surface area contributed by atoms with Crippen molar-refractivity contribution in [2.24, 2.45) is 0 Å². The highest BCUT2D eigenvalue weighted by atomic mass is 19.1. The van der Waals surface area contributed by atoms with Crippen molar-refractivity contribution in [3.63, 3.8) is 0 Å². The van der Waals surface area contributed by atoms with Crippen LogP contribution in [0.25, 0.3) is 0 Å². The molecule has 0 unspecified atom stereocenters. The van der Waals surface area contributed by atoms with E-state index >= 15 is 0 Å². The predicted octanol–water partition coefficient (Wildman–Crippen LogP) is 3.13. The molecular weight excluding hydrogens is 224 g/mol. The van der Waals surface area contributed by atoms with Crippen molar-refractivity contribution in [3.8, 4) is 5.75 Å². The van der Waals surface area contributed by atoms with Gasteiger partial charge in [-0.1, -0.05) is 18.2 Å². The van der Waals surface area contributed by atoms with Gasteiger partial charge in [-0.3, -0.25) is 0 Å². The Morgan fingerprint density at radius 1 is 0.941 bits per heavy atom.